The van der Waals surface area contributed by atoms with Gasteiger partial charge in [-0.15, -0.1) is 0 Å². The Balaban J connectivity index is 1.45. The molecular formula is C26H28N8O3. The zero-order valence-electron chi connectivity index (χ0n) is 20.9. The smallest absolute Gasteiger partial charge is 0.271 e. The summed E-state index contributed by atoms with van der Waals surface area (Å²) in [6.07, 6.45) is 6.07. The third-order valence-electron chi connectivity index (χ3n) is 7.23. The molecule has 11 heteroatoms. The summed E-state index contributed by atoms with van der Waals surface area (Å²) in [5.41, 5.74) is 8.17. The molecule has 2 aliphatic rings. The summed E-state index contributed by atoms with van der Waals surface area (Å²) in [6, 6.07) is 7.40. The van der Waals surface area contributed by atoms with E-state index in [1.807, 2.05) is 25.3 Å². The lowest BCUT2D eigenvalue weighted by Gasteiger charge is -2.21. The van der Waals surface area contributed by atoms with E-state index in [4.69, 9.17) is 5.73 Å². The third-order valence-corrected chi connectivity index (χ3v) is 7.23. The predicted octanol–water partition coefficient (Wildman–Crippen LogP) is 1.76. The minimum Gasteiger partial charge on any atom is -0.378 e. The molecule has 3 amide bonds. The number of hydrogen-bond donors (Lipinski definition) is 2. The Labute approximate surface area is 213 Å². The molecule has 1 saturated heterocycles. The first kappa shape index (κ1) is 24.2. The third kappa shape index (κ3) is 4.24. The van der Waals surface area contributed by atoms with E-state index in [0.717, 1.165) is 11.1 Å². The first-order valence-corrected chi connectivity index (χ1v) is 12.1. The standard InChI is InChI=1S/C26H28N8O3/c1-15-11-33(25(37)26(14-27)6-7-26)13-20(15)31-22-18(23(28)35)10-30-34-12-17(8-21(22)34)16-4-5-19(29-9-16)24(36)32(2)3/h4-5,8-10,12,15,20,31H,6-7,11,13H2,1-3H3,(H2,28,35)/t15-,20-/m1/s1. The number of carbonyl (C=O) groups excluding carboxylic acids is 3. The second-order valence-corrected chi connectivity index (χ2v) is 10.1. The summed E-state index contributed by atoms with van der Waals surface area (Å²) in [5.74, 6) is -0.829. The first-order valence-electron chi connectivity index (χ1n) is 12.1. The predicted molar refractivity (Wildman–Crippen MR) is 135 cm³/mol. The Hall–Kier alpha value is -4.46. The molecule has 3 aromatic rings. The average molecular weight is 501 g/mol. The number of nitrogens with zero attached hydrogens (tertiary/aromatic N) is 6. The molecule has 5 rings (SSSR count). The van der Waals surface area contributed by atoms with Crippen LogP contribution in [-0.4, -0.2) is 75.3 Å². The summed E-state index contributed by atoms with van der Waals surface area (Å²) >= 11 is 0. The van der Waals surface area contributed by atoms with Crippen LogP contribution >= 0.6 is 0 Å². The fourth-order valence-electron chi connectivity index (χ4n) is 4.78. The molecule has 11 nitrogen and oxygen atoms in total. The van der Waals surface area contributed by atoms with Crippen molar-refractivity contribution >= 4 is 28.9 Å². The molecular weight excluding hydrogens is 472 g/mol. The summed E-state index contributed by atoms with van der Waals surface area (Å²) in [5, 5.41) is 17.3. The minimum absolute atomic E-state index is 0.0906. The Morgan fingerprint density at radius 2 is 1.95 bits per heavy atom. The van der Waals surface area contributed by atoms with Gasteiger partial charge in [0.05, 0.1) is 29.0 Å². The van der Waals surface area contributed by atoms with Gasteiger partial charge in [-0.1, -0.05) is 13.0 Å². The number of anilines is 1. The maximum atomic E-state index is 12.9. The van der Waals surface area contributed by atoms with Crippen molar-refractivity contribution in [2.45, 2.75) is 25.8 Å². The van der Waals surface area contributed by atoms with E-state index in [1.54, 1.807) is 35.8 Å². The number of pyridine rings is 1. The van der Waals surface area contributed by atoms with Crippen molar-refractivity contribution in [3.63, 3.8) is 0 Å². The lowest BCUT2D eigenvalue weighted by molar-refractivity contribution is -0.134. The van der Waals surface area contributed by atoms with Crippen LogP contribution < -0.4 is 11.1 Å². The second-order valence-electron chi connectivity index (χ2n) is 10.1. The van der Waals surface area contributed by atoms with Crippen LogP contribution in [0.5, 0.6) is 0 Å². The van der Waals surface area contributed by atoms with E-state index in [2.05, 4.69) is 21.5 Å². The van der Waals surface area contributed by atoms with Crippen LogP contribution in [-0.2, 0) is 4.79 Å². The number of nitrogens with two attached hydrogens (primary N) is 1. The van der Waals surface area contributed by atoms with Crippen LogP contribution in [0.1, 0.15) is 40.6 Å². The zero-order valence-corrected chi connectivity index (χ0v) is 20.9. The molecule has 1 saturated carbocycles. The number of rotatable bonds is 6. The maximum Gasteiger partial charge on any atom is 0.271 e. The van der Waals surface area contributed by atoms with E-state index < -0.39 is 11.3 Å². The molecule has 2 atom stereocenters. The van der Waals surface area contributed by atoms with Crippen molar-refractivity contribution < 1.29 is 14.4 Å². The van der Waals surface area contributed by atoms with Gasteiger partial charge >= 0.3 is 0 Å². The largest absolute Gasteiger partial charge is 0.378 e. The van der Waals surface area contributed by atoms with E-state index >= 15 is 0 Å². The Kier molecular flexibility index (Phi) is 5.82. The fraction of sp³-hybridized carbons (Fsp3) is 0.385. The van der Waals surface area contributed by atoms with Crippen molar-refractivity contribution in [2.24, 2.45) is 17.1 Å². The van der Waals surface area contributed by atoms with Gasteiger partial charge in [-0.25, -0.2) is 4.52 Å². The lowest BCUT2D eigenvalue weighted by atomic mass is 10.1. The number of primary amides is 1. The maximum absolute atomic E-state index is 12.9. The molecule has 3 N–H and O–H groups in total. The minimum atomic E-state index is -0.867. The molecule has 1 aliphatic heterocycles. The molecule has 0 spiro atoms. The van der Waals surface area contributed by atoms with Crippen LogP contribution in [0.3, 0.4) is 0 Å². The van der Waals surface area contributed by atoms with E-state index in [0.29, 0.717) is 42.8 Å². The number of carbonyl (C=O) groups is 3. The summed E-state index contributed by atoms with van der Waals surface area (Å²) in [7, 11) is 3.34. The molecule has 3 aromatic heterocycles. The van der Waals surface area contributed by atoms with Crippen LogP contribution in [0, 0.1) is 22.7 Å². The highest BCUT2D eigenvalue weighted by Gasteiger charge is 2.54. The monoisotopic (exact) mass is 500 g/mol. The van der Waals surface area contributed by atoms with Crippen LogP contribution in [0.25, 0.3) is 16.6 Å². The Morgan fingerprint density at radius 1 is 1.19 bits per heavy atom. The number of amides is 3. The number of hydrogen-bond acceptors (Lipinski definition) is 7. The molecule has 1 aliphatic carbocycles. The molecule has 0 radical (unpaired) electrons. The van der Waals surface area contributed by atoms with E-state index in [-0.39, 0.29) is 29.3 Å². The highest BCUT2D eigenvalue weighted by atomic mass is 16.2. The average Bonchev–Trinajstić information content (AvgIpc) is 3.43. The van der Waals surface area contributed by atoms with Crippen LogP contribution in [0.2, 0.25) is 0 Å². The van der Waals surface area contributed by atoms with Crippen molar-refractivity contribution in [2.75, 3.05) is 32.5 Å². The molecule has 2 fully saturated rings. The van der Waals surface area contributed by atoms with Gasteiger partial charge in [-0.05, 0) is 30.9 Å². The van der Waals surface area contributed by atoms with Gasteiger partial charge in [0.15, 0.2) is 0 Å². The fourth-order valence-corrected chi connectivity index (χ4v) is 4.78. The summed E-state index contributed by atoms with van der Waals surface area (Å²) < 4.78 is 1.65. The van der Waals surface area contributed by atoms with Crippen molar-refractivity contribution in [3.05, 3.63) is 48.0 Å². The highest BCUT2D eigenvalue weighted by molar-refractivity contribution is 6.02. The highest BCUT2D eigenvalue weighted by Crippen LogP contribution is 2.47. The molecule has 0 aromatic carbocycles. The van der Waals surface area contributed by atoms with Crippen LogP contribution in [0.4, 0.5) is 5.69 Å². The van der Waals surface area contributed by atoms with Gasteiger partial charge in [0, 0.05) is 56.7 Å². The zero-order chi connectivity index (χ0) is 26.5. The van der Waals surface area contributed by atoms with Crippen molar-refractivity contribution in [3.8, 4) is 17.2 Å². The van der Waals surface area contributed by atoms with Crippen molar-refractivity contribution in [1.82, 2.24) is 24.4 Å². The normalized spacial score (nSPS) is 19.9. The first-order chi connectivity index (χ1) is 17.6. The van der Waals surface area contributed by atoms with Gasteiger partial charge in [0.25, 0.3) is 11.8 Å². The molecule has 37 heavy (non-hydrogen) atoms. The Bertz CT molecular complexity index is 1450. The van der Waals surface area contributed by atoms with Crippen molar-refractivity contribution in [1.29, 1.82) is 5.26 Å². The van der Waals surface area contributed by atoms with Gasteiger partial charge in [-0.3, -0.25) is 19.4 Å². The summed E-state index contributed by atoms with van der Waals surface area (Å²) in [6.45, 7) is 2.99. The number of nitriles is 1. The number of fused-ring (bicyclic) bond motifs is 1. The number of likely N-dealkylation sites (tertiary alicyclic amines) is 1. The van der Waals surface area contributed by atoms with Crippen LogP contribution in [0.15, 0.2) is 36.8 Å². The molecule has 4 heterocycles. The Morgan fingerprint density at radius 3 is 2.54 bits per heavy atom. The van der Waals surface area contributed by atoms with Gasteiger partial charge in [0.1, 0.15) is 11.1 Å². The number of aromatic nitrogens is 3. The summed E-state index contributed by atoms with van der Waals surface area (Å²) in [4.78, 5) is 44.9. The number of nitrogens with one attached hydrogen (secondary N) is 1. The van der Waals surface area contributed by atoms with Gasteiger partial charge in [0.2, 0.25) is 5.91 Å². The van der Waals surface area contributed by atoms with E-state index in [9.17, 15) is 19.6 Å². The van der Waals surface area contributed by atoms with Gasteiger partial charge < -0.3 is 20.9 Å². The second kappa shape index (κ2) is 8.89. The quantitative estimate of drug-likeness (QED) is 0.523. The van der Waals surface area contributed by atoms with Gasteiger partial charge in [-0.2, -0.15) is 10.4 Å². The molecule has 0 bridgehead atoms. The lowest BCUT2D eigenvalue weighted by Crippen LogP contribution is -2.36. The molecule has 190 valence electrons. The SMILES string of the molecule is C[C@@H]1CN(C(=O)C2(C#N)CC2)C[C@H]1Nc1c(C(N)=O)cnn2cc(-c3ccc(C(=O)N(C)C)nc3)cc12. The topological polar surface area (TPSA) is 150 Å². The molecule has 0 unspecified atom stereocenters. The van der Waals surface area contributed by atoms with E-state index in [1.165, 1.54) is 11.1 Å².